The van der Waals surface area contributed by atoms with Crippen LogP contribution < -0.4 is 5.32 Å². The van der Waals surface area contributed by atoms with Crippen LogP contribution in [0.1, 0.15) is 18.4 Å². The molecule has 1 aromatic rings. The summed E-state index contributed by atoms with van der Waals surface area (Å²) < 4.78 is 9.85. The van der Waals surface area contributed by atoms with Gasteiger partial charge in [-0.05, 0) is 24.6 Å². The van der Waals surface area contributed by atoms with Gasteiger partial charge in [0, 0.05) is 26.8 Å². The Morgan fingerprint density at radius 2 is 1.76 bits per heavy atom. The molecule has 8 heteroatoms. The maximum Gasteiger partial charge on any atom is 0.336 e. The fourth-order valence-corrected chi connectivity index (χ4v) is 3.74. The Labute approximate surface area is 164 Å². The van der Waals surface area contributed by atoms with Gasteiger partial charge < -0.3 is 14.8 Å². The van der Waals surface area contributed by atoms with Crippen molar-refractivity contribution >= 4 is 51.1 Å². The van der Waals surface area contributed by atoms with Crippen LogP contribution in [0.15, 0.2) is 40.7 Å². The number of esters is 2. The largest absolute Gasteiger partial charge is 0.466 e. The lowest BCUT2D eigenvalue weighted by Gasteiger charge is -2.31. The van der Waals surface area contributed by atoms with Gasteiger partial charge in [-0.15, -0.1) is 0 Å². The number of allylic oxidation sites excluding steroid dienone is 2. The zero-order chi connectivity index (χ0) is 18.7. The lowest BCUT2D eigenvalue weighted by atomic mass is 9.80. The van der Waals surface area contributed by atoms with E-state index >= 15 is 0 Å². The Balaban J connectivity index is 2.78. The number of benzene rings is 1. The number of methoxy groups -OCH3 is 2. The molecule has 0 spiro atoms. The Hall–Kier alpha value is -1.50. The van der Waals surface area contributed by atoms with Crippen LogP contribution >= 0.6 is 39.1 Å². The minimum atomic E-state index is -0.738. The number of hydrogen-bond donors (Lipinski definition) is 1. The standard InChI is InChI=1S/C17H16BrCl2NO4/c1-8-13(16(22)24-2)14(10-5-4-9(19)6-11(10)20)15(17(23)25-3)12(7-18)21-8/h4-6,14,21H,7H2,1-3H3. The fraction of sp³-hybridized carbons (Fsp3) is 0.294. The molecule has 1 unspecified atom stereocenters. The minimum absolute atomic E-state index is 0.287. The van der Waals surface area contributed by atoms with Crippen LogP contribution in [0.2, 0.25) is 10.0 Å². The van der Waals surface area contributed by atoms with Gasteiger partial charge in [0.1, 0.15) is 0 Å². The predicted molar refractivity (Wildman–Crippen MR) is 99.9 cm³/mol. The third-order valence-electron chi connectivity index (χ3n) is 3.86. The highest BCUT2D eigenvalue weighted by Gasteiger charge is 2.39. The molecule has 0 amide bonds. The van der Waals surface area contributed by atoms with Gasteiger partial charge in [-0.25, -0.2) is 9.59 Å². The van der Waals surface area contributed by atoms with Gasteiger partial charge in [0.2, 0.25) is 0 Å². The van der Waals surface area contributed by atoms with Gasteiger partial charge in [0.05, 0.1) is 31.3 Å². The van der Waals surface area contributed by atoms with E-state index < -0.39 is 17.9 Å². The van der Waals surface area contributed by atoms with Crippen LogP contribution in [0.4, 0.5) is 0 Å². The van der Waals surface area contributed by atoms with E-state index in [0.717, 1.165) is 0 Å². The van der Waals surface area contributed by atoms with Crippen molar-refractivity contribution in [2.24, 2.45) is 0 Å². The summed E-state index contributed by atoms with van der Waals surface area (Å²) in [7, 11) is 2.56. The number of hydrogen-bond acceptors (Lipinski definition) is 5. The number of nitrogens with one attached hydrogen (secondary N) is 1. The number of rotatable bonds is 4. The number of ether oxygens (including phenoxy) is 2. The van der Waals surface area contributed by atoms with Gasteiger partial charge in [-0.3, -0.25) is 0 Å². The van der Waals surface area contributed by atoms with Gasteiger partial charge in [0.15, 0.2) is 0 Å². The van der Waals surface area contributed by atoms with E-state index in [9.17, 15) is 9.59 Å². The Morgan fingerprint density at radius 3 is 2.28 bits per heavy atom. The summed E-state index contributed by atoms with van der Waals surface area (Å²) in [5.41, 5.74) is 2.30. The molecule has 0 aliphatic carbocycles. The highest BCUT2D eigenvalue weighted by Crippen LogP contribution is 2.42. The van der Waals surface area contributed by atoms with Gasteiger partial charge >= 0.3 is 11.9 Å². The number of carbonyl (C=O) groups excluding carboxylic acids is 2. The topological polar surface area (TPSA) is 64.6 Å². The Morgan fingerprint density at radius 1 is 1.16 bits per heavy atom. The van der Waals surface area contributed by atoms with E-state index in [2.05, 4.69) is 21.2 Å². The van der Waals surface area contributed by atoms with E-state index in [-0.39, 0.29) is 11.1 Å². The van der Waals surface area contributed by atoms with Crippen molar-refractivity contribution in [1.29, 1.82) is 0 Å². The summed E-state index contributed by atoms with van der Waals surface area (Å²) >= 11 is 15.7. The summed E-state index contributed by atoms with van der Waals surface area (Å²) in [4.78, 5) is 24.9. The van der Waals surface area contributed by atoms with E-state index in [1.807, 2.05) is 0 Å². The number of dihydropyridines is 1. The summed E-state index contributed by atoms with van der Waals surface area (Å²) in [5.74, 6) is -1.86. The van der Waals surface area contributed by atoms with Crippen molar-refractivity contribution in [1.82, 2.24) is 5.32 Å². The number of halogens is 3. The first kappa shape index (κ1) is 19.8. The summed E-state index contributed by atoms with van der Waals surface area (Å²) in [6.45, 7) is 1.74. The maximum absolute atomic E-state index is 12.5. The first-order valence-electron chi connectivity index (χ1n) is 7.24. The number of alkyl halides is 1. The maximum atomic E-state index is 12.5. The molecular formula is C17H16BrCl2NO4. The lowest BCUT2D eigenvalue weighted by molar-refractivity contribution is -0.137. The predicted octanol–water partition coefficient (Wildman–Crippen LogP) is 3.95. The highest BCUT2D eigenvalue weighted by molar-refractivity contribution is 9.09. The quantitative estimate of drug-likeness (QED) is 0.558. The third kappa shape index (κ3) is 3.86. The molecule has 1 atom stereocenters. The second-order valence-corrected chi connectivity index (χ2v) is 6.68. The third-order valence-corrected chi connectivity index (χ3v) is 4.99. The van der Waals surface area contributed by atoms with Crippen LogP contribution in [-0.2, 0) is 19.1 Å². The zero-order valence-corrected chi connectivity index (χ0v) is 16.9. The molecule has 1 aliphatic heterocycles. The highest BCUT2D eigenvalue weighted by atomic mass is 79.9. The first-order valence-corrected chi connectivity index (χ1v) is 9.11. The molecular weight excluding hydrogens is 433 g/mol. The summed E-state index contributed by atoms with van der Waals surface area (Å²) in [6.07, 6.45) is 0. The van der Waals surface area contributed by atoms with Crippen LogP contribution in [-0.4, -0.2) is 31.5 Å². The van der Waals surface area contributed by atoms with Crippen LogP contribution in [0.25, 0.3) is 0 Å². The van der Waals surface area contributed by atoms with E-state index in [4.69, 9.17) is 32.7 Å². The van der Waals surface area contributed by atoms with Gasteiger partial charge in [-0.2, -0.15) is 0 Å². The molecule has 1 N–H and O–H groups in total. The molecule has 0 radical (unpaired) electrons. The van der Waals surface area contributed by atoms with Gasteiger partial charge in [0.25, 0.3) is 0 Å². The molecule has 25 heavy (non-hydrogen) atoms. The Bertz CT molecular complexity index is 789. The van der Waals surface area contributed by atoms with E-state index in [0.29, 0.717) is 32.3 Å². The van der Waals surface area contributed by atoms with E-state index in [1.54, 1.807) is 25.1 Å². The van der Waals surface area contributed by atoms with Crippen molar-refractivity contribution in [2.75, 3.05) is 19.5 Å². The minimum Gasteiger partial charge on any atom is -0.466 e. The molecule has 1 heterocycles. The summed E-state index contributed by atoms with van der Waals surface area (Å²) in [5, 5.41) is 4.22. The second-order valence-electron chi connectivity index (χ2n) is 5.27. The first-order chi connectivity index (χ1) is 11.8. The lowest BCUT2D eigenvalue weighted by Crippen LogP contribution is -2.33. The van der Waals surface area contributed by atoms with Crippen LogP contribution in [0.5, 0.6) is 0 Å². The molecule has 0 bridgehead atoms. The average molecular weight is 449 g/mol. The zero-order valence-electron chi connectivity index (χ0n) is 13.8. The monoisotopic (exact) mass is 447 g/mol. The molecule has 0 aromatic heterocycles. The van der Waals surface area contributed by atoms with Crippen LogP contribution in [0.3, 0.4) is 0 Å². The molecule has 5 nitrogen and oxygen atoms in total. The molecule has 1 aliphatic rings. The Kier molecular flexibility index (Phi) is 6.54. The van der Waals surface area contributed by atoms with Crippen molar-refractivity contribution in [3.63, 3.8) is 0 Å². The molecule has 0 saturated carbocycles. The SMILES string of the molecule is COC(=O)C1=C(C)NC(CBr)=C(C(=O)OC)C1c1ccc(Cl)cc1Cl. The fourth-order valence-electron chi connectivity index (χ4n) is 2.78. The molecule has 2 rings (SSSR count). The second kappa shape index (κ2) is 8.25. The van der Waals surface area contributed by atoms with Crippen molar-refractivity contribution in [3.8, 4) is 0 Å². The van der Waals surface area contributed by atoms with Crippen molar-refractivity contribution < 1.29 is 19.1 Å². The average Bonchev–Trinajstić information content (AvgIpc) is 2.59. The molecule has 1 aromatic carbocycles. The molecule has 0 fully saturated rings. The van der Waals surface area contributed by atoms with Gasteiger partial charge in [-0.1, -0.05) is 45.2 Å². The molecule has 134 valence electrons. The van der Waals surface area contributed by atoms with Crippen LogP contribution in [0, 0.1) is 0 Å². The van der Waals surface area contributed by atoms with E-state index in [1.165, 1.54) is 14.2 Å². The normalized spacial score (nSPS) is 17.3. The van der Waals surface area contributed by atoms with Crippen molar-refractivity contribution in [2.45, 2.75) is 12.8 Å². The van der Waals surface area contributed by atoms with Crippen molar-refractivity contribution in [3.05, 3.63) is 56.3 Å². The smallest absolute Gasteiger partial charge is 0.336 e. The number of carbonyl (C=O) groups is 2. The summed E-state index contributed by atoms with van der Waals surface area (Å²) in [6, 6.07) is 4.90. The molecule has 0 saturated heterocycles.